The van der Waals surface area contributed by atoms with Crippen molar-refractivity contribution in [1.82, 2.24) is 5.32 Å². The largest absolute Gasteiger partial charge is 0.492 e. The number of amides is 2. The van der Waals surface area contributed by atoms with Gasteiger partial charge in [-0.05, 0) is 43.2 Å². The maximum atomic E-state index is 12.3. The van der Waals surface area contributed by atoms with Crippen LogP contribution >= 0.6 is 23.2 Å². The zero-order valence-corrected chi connectivity index (χ0v) is 17.7. The third-order valence-corrected chi connectivity index (χ3v) is 4.49. The van der Waals surface area contributed by atoms with E-state index in [1.165, 1.54) is 0 Å². The van der Waals surface area contributed by atoms with Gasteiger partial charge in [-0.3, -0.25) is 9.59 Å². The molecule has 2 aromatic carbocycles. The quantitative estimate of drug-likeness (QED) is 0.504. The normalized spacial score (nSPS) is 10.4. The summed E-state index contributed by atoms with van der Waals surface area (Å²) >= 11 is 11.9. The molecule has 0 fully saturated rings. The molecule has 0 atom stereocenters. The SMILES string of the molecule is COCCCNC(=O)c1ccccc1NC(=O)CCCOc1ccc(Cl)cc1Cl. The first-order valence-corrected chi connectivity index (χ1v) is 10.0. The predicted octanol–water partition coefficient (Wildman–Crippen LogP) is 4.56. The average Bonchev–Trinajstić information content (AvgIpc) is 2.70. The van der Waals surface area contributed by atoms with E-state index in [2.05, 4.69) is 10.6 Å². The number of ether oxygens (including phenoxy) is 2. The van der Waals surface area contributed by atoms with Crippen molar-refractivity contribution in [3.05, 3.63) is 58.1 Å². The van der Waals surface area contributed by atoms with E-state index in [0.717, 1.165) is 0 Å². The van der Waals surface area contributed by atoms with E-state index >= 15 is 0 Å². The Hall–Kier alpha value is -2.28. The molecule has 29 heavy (non-hydrogen) atoms. The summed E-state index contributed by atoms with van der Waals surface area (Å²) in [4.78, 5) is 24.6. The van der Waals surface area contributed by atoms with Gasteiger partial charge in [0.2, 0.25) is 5.91 Å². The first kappa shape index (κ1) is 23.0. The third-order valence-electron chi connectivity index (χ3n) is 3.96. The molecule has 0 unspecified atom stereocenters. The van der Waals surface area contributed by atoms with Crippen molar-refractivity contribution in [2.45, 2.75) is 19.3 Å². The van der Waals surface area contributed by atoms with E-state index in [9.17, 15) is 9.59 Å². The number of carbonyl (C=O) groups is 2. The van der Waals surface area contributed by atoms with Gasteiger partial charge in [0.15, 0.2) is 0 Å². The van der Waals surface area contributed by atoms with Crippen molar-refractivity contribution in [3.8, 4) is 5.75 Å². The van der Waals surface area contributed by atoms with Crippen LogP contribution in [-0.4, -0.2) is 38.7 Å². The molecule has 0 saturated carbocycles. The van der Waals surface area contributed by atoms with Crippen molar-refractivity contribution in [2.75, 3.05) is 32.2 Å². The molecule has 0 aromatic heterocycles. The van der Waals surface area contributed by atoms with Gasteiger partial charge in [-0.15, -0.1) is 0 Å². The second-order valence-corrected chi connectivity index (χ2v) is 7.07. The highest BCUT2D eigenvalue weighted by molar-refractivity contribution is 6.35. The number of rotatable bonds is 11. The highest BCUT2D eigenvalue weighted by atomic mass is 35.5. The number of benzene rings is 2. The van der Waals surface area contributed by atoms with E-state index in [1.807, 2.05) is 0 Å². The summed E-state index contributed by atoms with van der Waals surface area (Å²) in [5, 5.41) is 6.56. The maximum Gasteiger partial charge on any atom is 0.253 e. The molecule has 2 aromatic rings. The Bertz CT molecular complexity index is 830. The van der Waals surface area contributed by atoms with Crippen LogP contribution in [0.15, 0.2) is 42.5 Å². The zero-order valence-electron chi connectivity index (χ0n) is 16.2. The van der Waals surface area contributed by atoms with Gasteiger partial charge in [0.05, 0.1) is 22.9 Å². The number of carbonyl (C=O) groups excluding carboxylic acids is 2. The zero-order chi connectivity index (χ0) is 21.1. The standard InChI is InChI=1S/C21H24Cl2N2O4/c1-28-12-5-11-24-21(27)16-6-2-3-7-18(16)25-20(26)8-4-13-29-19-10-9-15(22)14-17(19)23/h2-3,6-7,9-10,14H,4-5,8,11-13H2,1H3,(H,24,27)(H,25,26). The molecular formula is C21H24Cl2N2O4. The van der Waals surface area contributed by atoms with Crippen molar-refractivity contribution in [2.24, 2.45) is 0 Å². The summed E-state index contributed by atoms with van der Waals surface area (Å²) in [7, 11) is 1.61. The second-order valence-electron chi connectivity index (χ2n) is 6.22. The first-order valence-electron chi connectivity index (χ1n) is 9.25. The number of halogens is 2. The molecule has 2 amide bonds. The Balaban J connectivity index is 1.80. The van der Waals surface area contributed by atoms with Crippen LogP contribution in [0.3, 0.4) is 0 Å². The maximum absolute atomic E-state index is 12.3. The van der Waals surface area contributed by atoms with E-state index in [-0.39, 0.29) is 18.2 Å². The third kappa shape index (κ3) is 7.93. The molecular weight excluding hydrogens is 415 g/mol. The lowest BCUT2D eigenvalue weighted by atomic mass is 10.1. The molecule has 2 N–H and O–H groups in total. The van der Waals surface area contributed by atoms with Gasteiger partial charge >= 0.3 is 0 Å². The summed E-state index contributed by atoms with van der Waals surface area (Å²) in [5.74, 6) is 0.0834. The van der Waals surface area contributed by atoms with Crippen LogP contribution < -0.4 is 15.4 Å². The molecule has 0 saturated heterocycles. The summed E-state index contributed by atoms with van der Waals surface area (Å²) in [6.45, 7) is 1.40. The minimum Gasteiger partial charge on any atom is -0.492 e. The number of hydrogen-bond acceptors (Lipinski definition) is 4. The number of anilines is 1. The predicted molar refractivity (Wildman–Crippen MR) is 115 cm³/mol. The Morgan fingerprint density at radius 3 is 2.59 bits per heavy atom. The molecule has 0 heterocycles. The van der Waals surface area contributed by atoms with Crippen molar-refractivity contribution < 1.29 is 19.1 Å². The van der Waals surface area contributed by atoms with Crippen molar-refractivity contribution in [3.63, 3.8) is 0 Å². The van der Waals surface area contributed by atoms with E-state index < -0.39 is 0 Å². The fourth-order valence-electron chi connectivity index (χ4n) is 2.52. The van der Waals surface area contributed by atoms with Crippen LogP contribution in [0.2, 0.25) is 10.0 Å². The molecule has 6 nitrogen and oxygen atoms in total. The van der Waals surface area contributed by atoms with Crippen LogP contribution in [0.25, 0.3) is 0 Å². The number of methoxy groups -OCH3 is 1. The average molecular weight is 439 g/mol. The van der Waals surface area contributed by atoms with Crippen LogP contribution in [0.5, 0.6) is 5.75 Å². The molecule has 0 spiro atoms. The van der Waals surface area contributed by atoms with Crippen molar-refractivity contribution in [1.29, 1.82) is 0 Å². The van der Waals surface area contributed by atoms with E-state index in [4.69, 9.17) is 32.7 Å². The highest BCUT2D eigenvalue weighted by Crippen LogP contribution is 2.27. The Morgan fingerprint density at radius 2 is 1.83 bits per heavy atom. The summed E-state index contributed by atoms with van der Waals surface area (Å²) in [6.07, 6.45) is 1.46. The van der Waals surface area contributed by atoms with Crippen LogP contribution in [0.1, 0.15) is 29.6 Å². The Labute approximate surface area is 180 Å². The summed E-state index contributed by atoms with van der Waals surface area (Å²) in [6, 6.07) is 11.9. The smallest absolute Gasteiger partial charge is 0.253 e. The lowest BCUT2D eigenvalue weighted by Gasteiger charge is -2.12. The summed E-state index contributed by atoms with van der Waals surface area (Å²) in [5.41, 5.74) is 0.894. The number of nitrogens with one attached hydrogen (secondary N) is 2. The van der Waals surface area contributed by atoms with Gasteiger partial charge < -0.3 is 20.1 Å². The highest BCUT2D eigenvalue weighted by Gasteiger charge is 2.13. The Kier molecular flexibility index (Phi) is 9.77. The lowest BCUT2D eigenvalue weighted by molar-refractivity contribution is -0.116. The molecule has 0 aliphatic heterocycles. The minimum atomic E-state index is -0.238. The topological polar surface area (TPSA) is 76.7 Å². The van der Waals surface area contributed by atoms with E-state index in [0.29, 0.717) is 59.6 Å². The molecule has 0 aliphatic rings. The fourth-order valence-corrected chi connectivity index (χ4v) is 2.99. The first-order chi connectivity index (χ1) is 14.0. The lowest BCUT2D eigenvalue weighted by Crippen LogP contribution is -2.26. The molecule has 156 valence electrons. The van der Waals surface area contributed by atoms with Crippen LogP contribution in [-0.2, 0) is 9.53 Å². The summed E-state index contributed by atoms with van der Waals surface area (Å²) < 4.78 is 10.5. The number of para-hydroxylation sites is 1. The minimum absolute atomic E-state index is 0.199. The van der Waals surface area contributed by atoms with Crippen LogP contribution in [0.4, 0.5) is 5.69 Å². The van der Waals surface area contributed by atoms with Crippen LogP contribution in [0, 0.1) is 0 Å². The molecule has 2 rings (SSSR count). The Morgan fingerprint density at radius 1 is 1.03 bits per heavy atom. The van der Waals surface area contributed by atoms with Crippen molar-refractivity contribution >= 4 is 40.7 Å². The van der Waals surface area contributed by atoms with Gasteiger partial charge in [0.1, 0.15) is 5.75 Å². The van der Waals surface area contributed by atoms with Gasteiger partial charge in [0.25, 0.3) is 5.91 Å². The molecule has 0 radical (unpaired) electrons. The monoisotopic (exact) mass is 438 g/mol. The van der Waals surface area contributed by atoms with Gasteiger partial charge in [0, 0.05) is 31.7 Å². The molecule has 0 aliphatic carbocycles. The fraction of sp³-hybridized carbons (Fsp3) is 0.333. The van der Waals surface area contributed by atoms with E-state index in [1.54, 1.807) is 49.6 Å². The van der Waals surface area contributed by atoms with Gasteiger partial charge in [-0.25, -0.2) is 0 Å². The number of hydrogen-bond donors (Lipinski definition) is 2. The van der Waals surface area contributed by atoms with Gasteiger partial charge in [-0.2, -0.15) is 0 Å². The molecule has 0 bridgehead atoms. The molecule has 8 heteroatoms. The second kappa shape index (κ2) is 12.3. The van der Waals surface area contributed by atoms with Gasteiger partial charge in [-0.1, -0.05) is 35.3 Å².